The van der Waals surface area contributed by atoms with Gasteiger partial charge < -0.3 is 10.6 Å². The molecule has 0 aromatic heterocycles. The second-order valence-electron chi connectivity index (χ2n) is 5.41. The van der Waals surface area contributed by atoms with Gasteiger partial charge in [0.2, 0.25) is 0 Å². The minimum atomic E-state index is -0.648. The molecule has 2 unspecified atom stereocenters. The van der Waals surface area contributed by atoms with Crippen LogP contribution >= 0.6 is 0 Å². The Morgan fingerprint density at radius 2 is 1.89 bits per heavy atom. The Hall–Kier alpha value is -1.32. The molecule has 2 nitrogen and oxygen atoms in total. The highest BCUT2D eigenvalue weighted by Crippen LogP contribution is 2.41. The van der Waals surface area contributed by atoms with Crippen LogP contribution in [0.15, 0.2) is 12.1 Å². The van der Waals surface area contributed by atoms with Crippen molar-refractivity contribution < 1.29 is 8.78 Å². The van der Waals surface area contributed by atoms with E-state index in [1.807, 2.05) is 0 Å². The highest BCUT2D eigenvalue weighted by atomic mass is 19.1. The van der Waals surface area contributed by atoms with Gasteiger partial charge in [-0.2, -0.15) is 0 Å². The number of fused-ring (bicyclic) bond motifs is 1. The van der Waals surface area contributed by atoms with Crippen LogP contribution in [0, 0.1) is 17.6 Å². The van der Waals surface area contributed by atoms with Crippen LogP contribution in [-0.4, -0.2) is 12.6 Å². The molecule has 4 heteroatoms. The lowest BCUT2D eigenvalue weighted by molar-refractivity contribution is 0.362. The molecule has 2 N–H and O–H groups in total. The first kappa shape index (κ1) is 11.8. The zero-order chi connectivity index (χ0) is 12.7. The summed E-state index contributed by atoms with van der Waals surface area (Å²) in [5.74, 6) is -0.522. The lowest BCUT2D eigenvalue weighted by Gasteiger charge is -2.40. The van der Waals surface area contributed by atoms with Crippen LogP contribution in [0.3, 0.4) is 0 Å². The lowest BCUT2D eigenvalue weighted by atomic mass is 9.91. The lowest BCUT2D eigenvalue weighted by Crippen LogP contribution is -2.43. The molecule has 0 radical (unpaired) electrons. The van der Waals surface area contributed by atoms with E-state index in [4.69, 9.17) is 5.73 Å². The molecule has 18 heavy (non-hydrogen) atoms. The number of piperidine rings is 1. The highest BCUT2D eigenvalue weighted by molar-refractivity contribution is 5.69. The Bertz CT molecular complexity index is 461. The average Bonchev–Trinajstić information content (AvgIpc) is 2.81. The maximum Gasteiger partial charge on any atom is 0.151 e. The SMILES string of the molecule is Nc1c(F)cc(F)cc1N1CCCC2CCCC21. The smallest absolute Gasteiger partial charge is 0.151 e. The zero-order valence-corrected chi connectivity index (χ0v) is 10.3. The molecule has 0 bridgehead atoms. The van der Waals surface area contributed by atoms with Crippen molar-refractivity contribution in [1.29, 1.82) is 0 Å². The number of benzene rings is 1. The molecule has 1 aliphatic carbocycles. The normalized spacial score (nSPS) is 27.3. The fourth-order valence-corrected chi connectivity index (χ4v) is 3.56. The minimum absolute atomic E-state index is 0.0870. The second kappa shape index (κ2) is 4.41. The van der Waals surface area contributed by atoms with E-state index in [1.165, 1.54) is 25.3 Å². The van der Waals surface area contributed by atoms with Gasteiger partial charge in [-0.3, -0.25) is 0 Å². The summed E-state index contributed by atoms with van der Waals surface area (Å²) >= 11 is 0. The summed E-state index contributed by atoms with van der Waals surface area (Å²) < 4.78 is 26.9. The number of nitrogens with two attached hydrogens (primary N) is 1. The predicted octanol–water partition coefficient (Wildman–Crippen LogP) is 3.32. The van der Waals surface area contributed by atoms with Crippen LogP contribution in [0.5, 0.6) is 0 Å². The van der Waals surface area contributed by atoms with E-state index in [2.05, 4.69) is 4.90 Å². The third-order valence-corrected chi connectivity index (χ3v) is 4.38. The van der Waals surface area contributed by atoms with Crippen LogP contribution < -0.4 is 10.6 Å². The van der Waals surface area contributed by atoms with Crippen molar-refractivity contribution in [3.8, 4) is 0 Å². The maximum absolute atomic E-state index is 13.5. The van der Waals surface area contributed by atoms with E-state index < -0.39 is 11.6 Å². The van der Waals surface area contributed by atoms with Gasteiger partial charge in [-0.1, -0.05) is 6.42 Å². The first-order valence-corrected chi connectivity index (χ1v) is 6.68. The quantitative estimate of drug-likeness (QED) is 0.777. The Kier molecular flexibility index (Phi) is 2.88. The fraction of sp³-hybridized carbons (Fsp3) is 0.571. The molecule has 2 atom stereocenters. The number of halogens is 2. The molecular weight excluding hydrogens is 234 g/mol. The molecule has 0 spiro atoms. The summed E-state index contributed by atoms with van der Waals surface area (Å²) in [7, 11) is 0. The first-order chi connectivity index (χ1) is 8.66. The van der Waals surface area contributed by atoms with E-state index in [1.54, 1.807) is 0 Å². The van der Waals surface area contributed by atoms with E-state index >= 15 is 0 Å². The van der Waals surface area contributed by atoms with Gasteiger partial charge in [0.05, 0.1) is 11.4 Å². The van der Waals surface area contributed by atoms with Crippen LogP contribution in [-0.2, 0) is 0 Å². The molecule has 1 aromatic carbocycles. The minimum Gasteiger partial charge on any atom is -0.395 e. The Balaban J connectivity index is 1.98. The van der Waals surface area contributed by atoms with Crippen LogP contribution in [0.2, 0.25) is 0 Å². The molecule has 0 amide bonds. The summed E-state index contributed by atoms with van der Waals surface area (Å²) in [6, 6.07) is 2.65. The summed E-state index contributed by atoms with van der Waals surface area (Å²) in [6.45, 7) is 0.855. The molecule has 1 saturated carbocycles. The van der Waals surface area contributed by atoms with Crippen molar-refractivity contribution in [3.63, 3.8) is 0 Å². The van der Waals surface area contributed by atoms with Gasteiger partial charge in [0.25, 0.3) is 0 Å². The van der Waals surface area contributed by atoms with Gasteiger partial charge in [0, 0.05) is 18.7 Å². The summed E-state index contributed by atoms with van der Waals surface area (Å²) in [5, 5.41) is 0. The Morgan fingerprint density at radius 3 is 2.72 bits per heavy atom. The van der Waals surface area contributed by atoms with Crippen molar-refractivity contribution in [2.45, 2.75) is 38.1 Å². The van der Waals surface area contributed by atoms with Crippen molar-refractivity contribution in [3.05, 3.63) is 23.8 Å². The summed E-state index contributed by atoms with van der Waals surface area (Å²) in [5.41, 5.74) is 6.41. The third-order valence-electron chi connectivity index (χ3n) is 4.38. The number of nitrogen functional groups attached to an aromatic ring is 1. The molecule has 1 heterocycles. The van der Waals surface area contributed by atoms with Gasteiger partial charge in [-0.25, -0.2) is 8.78 Å². The zero-order valence-electron chi connectivity index (χ0n) is 10.3. The van der Waals surface area contributed by atoms with Gasteiger partial charge in [0.15, 0.2) is 5.82 Å². The van der Waals surface area contributed by atoms with E-state index in [-0.39, 0.29) is 5.69 Å². The molecule has 1 aromatic rings. The Morgan fingerprint density at radius 1 is 1.11 bits per heavy atom. The predicted molar refractivity (Wildman–Crippen MR) is 68.5 cm³/mol. The standard InChI is InChI=1S/C14H18F2N2/c15-10-7-11(16)14(17)13(8-10)18-6-2-4-9-3-1-5-12(9)18/h7-9,12H,1-6,17H2. The van der Waals surface area contributed by atoms with E-state index in [9.17, 15) is 8.78 Å². The highest BCUT2D eigenvalue weighted by Gasteiger charge is 2.36. The summed E-state index contributed by atoms with van der Waals surface area (Å²) in [6.07, 6.45) is 5.88. The molecular formula is C14H18F2N2. The number of hydrogen-bond acceptors (Lipinski definition) is 2. The van der Waals surface area contributed by atoms with Crippen molar-refractivity contribution in [2.24, 2.45) is 5.92 Å². The van der Waals surface area contributed by atoms with Crippen molar-refractivity contribution >= 4 is 11.4 Å². The number of rotatable bonds is 1. The topological polar surface area (TPSA) is 29.3 Å². The molecule has 98 valence electrons. The molecule has 1 saturated heterocycles. The second-order valence-corrected chi connectivity index (χ2v) is 5.41. The van der Waals surface area contributed by atoms with Crippen molar-refractivity contribution in [1.82, 2.24) is 0 Å². The number of hydrogen-bond donors (Lipinski definition) is 1. The molecule has 2 fully saturated rings. The van der Waals surface area contributed by atoms with Crippen LogP contribution in [0.4, 0.5) is 20.2 Å². The Labute approximate surface area is 106 Å². The van der Waals surface area contributed by atoms with Gasteiger partial charge in [0.1, 0.15) is 5.82 Å². The fourth-order valence-electron chi connectivity index (χ4n) is 3.56. The van der Waals surface area contributed by atoms with E-state index in [0.717, 1.165) is 25.5 Å². The molecule has 2 aliphatic rings. The first-order valence-electron chi connectivity index (χ1n) is 6.68. The van der Waals surface area contributed by atoms with Crippen molar-refractivity contribution in [2.75, 3.05) is 17.2 Å². The maximum atomic E-state index is 13.5. The third kappa shape index (κ3) is 1.84. The number of nitrogens with zero attached hydrogens (tertiary/aromatic N) is 1. The molecule has 3 rings (SSSR count). The van der Waals surface area contributed by atoms with Gasteiger partial charge in [-0.05, 0) is 37.7 Å². The summed E-state index contributed by atoms with van der Waals surface area (Å²) in [4.78, 5) is 2.13. The largest absolute Gasteiger partial charge is 0.395 e. The van der Waals surface area contributed by atoms with Crippen LogP contribution in [0.25, 0.3) is 0 Å². The monoisotopic (exact) mass is 252 g/mol. The van der Waals surface area contributed by atoms with Gasteiger partial charge >= 0.3 is 0 Å². The van der Waals surface area contributed by atoms with Crippen LogP contribution in [0.1, 0.15) is 32.1 Å². The van der Waals surface area contributed by atoms with E-state index in [0.29, 0.717) is 17.6 Å². The number of anilines is 2. The molecule has 1 aliphatic heterocycles. The van der Waals surface area contributed by atoms with Gasteiger partial charge in [-0.15, -0.1) is 0 Å². The average molecular weight is 252 g/mol.